The fraction of sp³-hybridized carbons (Fsp3) is 0.250. The number of imidazole rings is 2. The van der Waals surface area contributed by atoms with Crippen LogP contribution in [-0.2, 0) is 32.0 Å². The number of anilines is 1. The lowest BCUT2D eigenvalue weighted by atomic mass is 10.2. The highest BCUT2D eigenvalue weighted by molar-refractivity contribution is 6.42. The van der Waals surface area contributed by atoms with E-state index in [9.17, 15) is 14.4 Å². The lowest BCUT2D eigenvalue weighted by Gasteiger charge is -2.08. The summed E-state index contributed by atoms with van der Waals surface area (Å²) in [7, 11) is 2.90. The summed E-state index contributed by atoms with van der Waals surface area (Å²) in [6.07, 6.45) is 3.16. The van der Waals surface area contributed by atoms with E-state index in [2.05, 4.69) is 15.3 Å². The molecule has 0 radical (unpaired) electrons. The molecule has 3 aromatic heterocycles. The zero-order valence-corrected chi connectivity index (χ0v) is 19.0. The van der Waals surface area contributed by atoms with Gasteiger partial charge in [-0.2, -0.15) is 0 Å². The average Bonchev–Trinajstić information content (AvgIpc) is 3.36. The third-order valence-corrected chi connectivity index (χ3v) is 5.85. The van der Waals surface area contributed by atoms with Gasteiger partial charge >= 0.3 is 5.69 Å². The third kappa shape index (κ3) is 3.71. The molecule has 0 spiro atoms. The molecule has 0 aliphatic rings. The number of carbonyl (C=O) groups excluding carboxylic acids is 1. The van der Waals surface area contributed by atoms with E-state index >= 15 is 0 Å². The van der Waals surface area contributed by atoms with Crippen molar-refractivity contribution < 1.29 is 4.79 Å². The first-order valence-electron chi connectivity index (χ1n) is 9.64. The molecule has 4 aromatic rings. The molecule has 10 nitrogen and oxygen atoms in total. The van der Waals surface area contributed by atoms with E-state index in [1.54, 1.807) is 29.0 Å². The van der Waals surface area contributed by atoms with Crippen LogP contribution in [0.4, 0.5) is 5.95 Å². The number of carbonyl (C=O) groups is 1. The molecule has 12 heteroatoms. The van der Waals surface area contributed by atoms with Gasteiger partial charge in [-0.3, -0.25) is 24.0 Å². The van der Waals surface area contributed by atoms with Gasteiger partial charge in [-0.25, -0.2) is 14.8 Å². The Balaban J connectivity index is 1.63. The first-order valence-corrected chi connectivity index (χ1v) is 10.4. The predicted molar refractivity (Wildman–Crippen MR) is 122 cm³/mol. The van der Waals surface area contributed by atoms with Crippen molar-refractivity contribution in [1.29, 1.82) is 0 Å². The molecule has 0 unspecified atom stereocenters. The number of nitrogens with one attached hydrogen (secondary N) is 1. The Labute approximate surface area is 191 Å². The maximum Gasteiger partial charge on any atom is 0.332 e. The van der Waals surface area contributed by atoms with Gasteiger partial charge in [0.2, 0.25) is 11.9 Å². The van der Waals surface area contributed by atoms with Gasteiger partial charge in [0, 0.05) is 32.4 Å². The van der Waals surface area contributed by atoms with Crippen LogP contribution in [0, 0.1) is 0 Å². The minimum atomic E-state index is -0.523. The Bertz CT molecular complexity index is 1480. The number of hydrogen-bond donors (Lipinski definition) is 1. The standard InChI is InChI=1S/C20H19Cl2N7O3/c1-4-28-8-14(11-5-6-12(21)13(22)7-11)24-19(28)25-15(30)9-29-10-23-17-16(29)18(31)27(3)20(32)26(17)2/h5-8,10H,4,9H2,1-3H3,(H,24,25,30). The number of nitrogens with zero attached hydrogens (tertiary/aromatic N) is 6. The average molecular weight is 476 g/mol. The summed E-state index contributed by atoms with van der Waals surface area (Å²) in [4.78, 5) is 46.0. The van der Waals surface area contributed by atoms with Gasteiger partial charge in [-0.1, -0.05) is 29.3 Å². The molecule has 1 amide bonds. The SMILES string of the molecule is CCn1cc(-c2ccc(Cl)c(Cl)c2)nc1NC(=O)Cn1cnc2c1c(=O)n(C)c(=O)n2C. The monoisotopic (exact) mass is 475 g/mol. The van der Waals surface area contributed by atoms with Crippen LogP contribution in [0.25, 0.3) is 22.4 Å². The van der Waals surface area contributed by atoms with Crippen molar-refractivity contribution in [2.75, 3.05) is 5.32 Å². The molecule has 32 heavy (non-hydrogen) atoms. The molecule has 1 N–H and O–H groups in total. The fourth-order valence-electron chi connectivity index (χ4n) is 3.39. The number of halogens is 2. The van der Waals surface area contributed by atoms with Crippen molar-refractivity contribution >= 4 is 46.2 Å². The fourth-order valence-corrected chi connectivity index (χ4v) is 3.69. The van der Waals surface area contributed by atoms with Crippen molar-refractivity contribution in [3.63, 3.8) is 0 Å². The van der Waals surface area contributed by atoms with Crippen molar-refractivity contribution in [1.82, 2.24) is 28.2 Å². The van der Waals surface area contributed by atoms with Crippen molar-refractivity contribution in [2.24, 2.45) is 14.1 Å². The summed E-state index contributed by atoms with van der Waals surface area (Å²) >= 11 is 12.1. The van der Waals surface area contributed by atoms with Crippen LogP contribution < -0.4 is 16.6 Å². The molecule has 1 aromatic carbocycles. The topological polar surface area (TPSA) is 109 Å². The molecule has 0 bridgehead atoms. The number of fused-ring (bicyclic) bond motifs is 1. The van der Waals surface area contributed by atoms with Crippen LogP contribution in [0.1, 0.15) is 6.92 Å². The Morgan fingerprint density at radius 3 is 2.53 bits per heavy atom. The minimum absolute atomic E-state index is 0.167. The zero-order valence-electron chi connectivity index (χ0n) is 17.5. The number of benzene rings is 1. The lowest BCUT2D eigenvalue weighted by Crippen LogP contribution is -2.37. The molecule has 3 heterocycles. The molecule has 0 aliphatic heterocycles. The number of aryl methyl sites for hydroxylation is 2. The van der Waals surface area contributed by atoms with Gasteiger partial charge in [0.25, 0.3) is 5.56 Å². The van der Waals surface area contributed by atoms with E-state index in [0.29, 0.717) is 28.2 Å². The van der Waals surface area contributed by atoms with E-state index in [0.717, 1.165) is 10.1 Å². The van der Waals surface area contributed by atoms with Gasteiger partial charge in [-0.05, 0) is 19.1 Å². The molecular weight excluding hydrogens is 457 g/mol. The van der Waals surface area contributed by atoms with Gasteiger partial charge < -0.3 is 9.13 Å². The molecule has 0 atom stereocenters. The Morgan fingerprint density at radius 1 is 1.09 bits per heavy atom. The summed E-state index contributed by atoms with van der Waals surface area (Å²) in [6, 6.07) is 5.18. The second-order valence-corrected chi connectivity index (χ2v) is 7.98. The molecule has 0 aliphatic carbocycles. The van der Waals surface area contributed by atoms with E-state index < -0.39 is 17.2 Å². The maximum absolute atomic E-state index is 12.8. The van der Waals surface area contributed by atoms with E-state index in [4.69, 9.17) is 23.2 Å². The maximum atomic E-state index is 12.8. The van der Waals surface area contributed by atoms with E-state index in [-0.39, 0.29) is 17.7 Å². The molecule has 4 rings (SSSR count). The van der Waals surface area contributed by atoms with Crippen LogP contribution in [0.2, 0.25) is 10.0 Å². The Kier molecular flexibility index (Phi) is 5.66. The van der Waals surface area contributed by atoms with Gasteiger partial charge in [-0.15, -0.1) is 0 Å². The Hall–Kier alpha value is -3.37. The minimum Gasteiger partial charge on any atom is -0.317 e. The summed E-state index contributed by atoms with van der Waals surface area (Å²) in [5, 5.41) is 3.61. The summed E-state index contributed by atoms with van der Waals surface area (Å²) < 4.78 is 5.43. The largest absolute Gasteiger partial charge is 0.332 e. The summed E-state index contributed by atoms with van der Waals surface area (Å²) in [6.45, 7) is 2.31. The van der Waals surface area contributed by atoms with Crippen molar-refractivity contribution in [3.8, 4) is 11.3 Å². The van der Waals surface area contributed by atoms with Crippen LogP contribution in [0.15, 0.2) is 40.3 Å². The summed E-state index contributed by atoms with van der Waals surface area (Å²) in [5.41, 5.74) is 0.745. The molecule has 166 valence electrons. The van der Waals surface area contributed by atoms with Crippen molar-refractivity contribution in [3.05, 3.63) is 61.6 Å². The van der Waals surface area contributed by atoms with Crippen LogP contribution >= 0.6 is 23.2 Å². The summed E-state index contributed by atoms with van der Waals surface area (Å²) in [5.74, 6) is -0.0514. The highest BCUT2D eigenvalue weighted by Crippen LogP contribution is 2.29. The first-order chi connectivity index (χ1) is 15.2. The third-order valence-electron chi connectivity index (χ3n) is 5.11. The smallest absolute Gasteiger partial charge is 0.317 e. The highest BCUT2D eigenvalue weighted by Gasteiger charge is 2.17. The highest BCUT2D eigenvalue weighted by atomic mass is 35.5. The van der Waals surface area contributed by atoms with Crippen LogP contribution in [-0.4, -0.2) is 34.1 Å². The normalized spacial score (nSPS) is 11.3. The van der Waals surface area contributed by atoms with Gasteiger partial charge in [0.15, 0.2) is 11.2 Å². The lowest BCUT2D eigenvalue weighted by molar-refractivity contribution is -0.116. The second kappa shape index (κ2) is 8.29. The van der Waals surface area contributed by atoms with Crippen molar-refractivity contribution in [2.45, 2.75) is 20.0 Å². The Morgan fingerprint density at radius 2 is 1.84 bits per heavy atom. The number of aromatic nitrogens is 6. The van der Waals surface area contributed by atoms with Crippen LogP contribution in [0.3, 0.4) is 0 Å². The van der Waals surface area contributed by atoms with Gasteiger partial charge in [0.05, 0.1) is 22.1 Å². The first kappa shape index (κ1) is 21.8. The van der Waals surface area contributed by atoms with Crippen LogP contribution in [0.5, 0.6) is 0 Å². The molecule has 0 saturated carbocycles. The zero-order chi connectivity index (χ0) is 23.2. The van der Waals surface area contributed by atoms with E-state index in [1.807, 2.05) is 6.92 Å². The molecular formula is C20H19Cl2N7O3. The predicted octanol–water partition coefficient (Wildman–Crippen LogP) is 2.26. The number of amides is 1. The number of hydrogen-bond acceptors (Lipinski definition) is 5. The van der Waals surface area contributed by atoms with E-state index in [1.165, 1.54) is 29.6 Å². The molecule has 0 saturated heterocycles. The van der Waals surface area contributed by atoms with Gasteiger partial charge in [0.1, 0.15) is 6.54 Å². The molecule has 0 fully saturated rings. The number of rotatable bonds is 5. The quantitative estimate of drug-likeness (QED) is 0.476. The second-order valence-electron chi connectivity index (χ2n) is 7.16.